The predicted molar refractivity (Wildman–Crippen MR) is 254 cm³/mol. The number of rotatable bonds is 12. The minimum absolute atomic E-state index is 0.0416. The summed E-state index contributed by atoms with van der Waals surface area (Å²) in [7, 11) is 0. The van der Waals surface area contributed by atoms with E-state index in [0.717, 1.165) is 32.2 Å². The van der Waals surface area contributed by atoms with Crippen molar-refractivity contribution in [2.45, 2.75) is 37.8 Å². The molecule has 0 radical (unpaired) electrons. The first kappa shape index (κ1) is 48.4. The molecule has 25 nitrogen and oxygen atoms in total. The van der Waals surface area contributed by atoms with Crippen LogP contribution in [-0.4, -0.2) is 171 Å². The third kappa shape index (κ3) is 12.3. The molecule has 0 spiro atoms. The molecule has 9 rings (SSSR count). The quantitative estimate of drug-likeness (QED) is 0.0991. The summed E-state index contributed by atoms with van der Waals surface area (Å²) in [5.74, 6) is -0.852. The Balaban J connectivity index is 0.000000193. The molecule has 0 unspecified atom stereocenters. The van der Waals surface area contributed by atoms with Crippen molar-refractivity contribution in [3.05, 3.63) is 95.3 Å². The van der Waals surface area contributed by atoms with E-state index in [1.165, 1.54) is 12.4 Å². The third-order valence-electron chi connectivity index (χ3n) is 11.8. The molecule has 4 aliphatic heterocycles. The van der Waals surface area contributed by atoms with Gasteiger partial charge in [-0.3, -0.25) is 24.0 Å². The molecule has 3 aromatic heterocycles. The van der Waals surface area contributed by atoms with Crippen molar-refractivity contribution in [1.82, 2.24) is 55.4 Å². The van der Waals surface area contributed by atoms with Gasteiger partial charge in [0, 0.05) is 99.3 Å². The zero-order chi connectivity index (χ0) is 49.0. The van der Waals surface area contributed by atoms with Gasteiger partial charge in [-0.2, -0.15) is 9.97 Å². The van der Waals surface area contributed by atoms with Crippen LogP contribution in [-0.2, 0) is 9.47 Å². The summed E-state index contributed by atoms with van der Waals surface area (Å²) in [5, 5.41) is 25.3. The molecule has 4 aliphatic rings. The molecule has 2 aromatic carbocycles. The highest BCUT2D eigenvalue weighted by Gasteiger charge is 2.27. The fraction of sp³-hybridized carbons (Fsp3) is 0.400. The van der Waals surface area contributed by atoms with Crippen molar-refractivity contribution in [2.75, 3.05) is 99.2 Å². The Morgan fingerprint density at radius 1 is 0.586 bits per heavy atom. The number of morpholine rings is 2. The van der Waals surface area contributed by atoms with Crippen LogP contribution < -0.4 is 43.0 Å². The lowest BCUT2D eigenvalue weighted by Crippen LogP contribution is -2.48. The van der Waals surface area contributed by atoms with Crippen LogP contribution in [0.25, 0.3) is 0 Å². The maximum atomic E-state index is 12.7. The second kappa shape index (κ2) is 22.8. The lowest BCUT2D eigenvalue weighted by atomic mass is 10.1. The third-order valence-corrected chi connectivity index (χ3v) is 11.8. The first-order chi connectivity index (χ1) is 34.0. The van der Waals surface area contributed by atoms with Gasteiger partial charge < -0.3 is 62.2 Å². The normalized spacial score (nSPS) is 18.2. The number of carbonyl (C=O) groups is 5. The van der Waals surface area contributed by atoms with Crippen molar-refractivity contribution in [3.63, 3.8) is 0 Å². The lowest BCUT2D eigenvalue weighted by molar-refractivity contribution is 0.0301. The molecule has 9 N–H and O–H groups in total. The molecule has 366 valence electrons. The number of primary amides is 2. The molecule has 5 amide bonds. The van der Waals surface area contributed by atoms with Crippen LogP contribution in [0.4, 0.5) is 34.9 Å². The summed E-state index contributed by atoms with van der Waals surface area (Å²) in [4.78, 5) is 86.0. The van der Waals surface area contributed by atoms with Gasteiger partial charge >= 0.3 is 0 Å². The fourth-order valence-electron chi connectivity index (χ4n) is 8.11. The Hall–Kier alpha value is -8.03. The summed E-state index contributed by atoms with van der Waals surface area (Å²) in [6.07, 6.45) is 6.46. The molecular formula is C45H54N18O7. The topological polar surface area (TPSA) is 334 Å². The summed E-state index contributed by atoms with van der Waals surface area (Å²) >= 11 is 0. The van der Waals surface area contributed by atoms with Gasteiger partial charge in [-0.05, 0) is 80.3 Å². The second-order valence-electron chi connectivity index (χ2n) is 16.7. The lowest BCUT2D eigenvalue weighted by Gasteiger charge is -2.32. The first-order valence-electron chi connectivity index (χ1n) is 22.9. The highest BCUT2D eigenvalue weighted by atomic mass is 16.5. The number of benzene rings is 2. The molecular weight excluding hydrogens is 905 g/mol. The minimum Gasteiger partial charge on any atom is -0.378 e. The zero-order valence-electron chi connectivity index (χ0n) is 38.3. The van der Waals surface area contributed by atoms with Gasteiger partial charge in [0.2, 0.25) is 17.7 Å². The zero-order valence-corrected chi connectivity index (χ0v) is 38.3. The maximum absolute atomic E-state index is 12.7. The van der Waals surface area contributed by atoms with Crippen molar-refractivity contribution in [1.29, 1.82) is 0 Å². The van der Waals surface area contributed by atoms with E-state index in [4.69, 9.17) is 26.7 Å². The standard InChI is InChI=1S/C25H28N10O4.C20H26N8O3/c26-20(36)19-21(29-17-6-4-16(5-7-17)24(38)34-11-13-39-14-12-34)31-25(33-32-19)35-10-1-3-18(15-35)30-23(37)22-27-8-2-9-28-22;21-14-2-1-7-28(12-14)20-24-18(16(17(22)29)25-26-20)23-15-5-3-13(4-6-15)19(30)27-8-10-31-11-9-27/h2,4-9,18H,1,3,10-15H2,(H2,26,36)(H,30,37)(H,29,31,33);3-6,14H,1-2,7-12,21H2,(H2,22,29)(H,23,24,26)/t18-;14-/m11/s1. The summed E-state index contributed by atoms with van der Waals surface area (Å²) < 4.78 is 10.6. The van der Waals surface area contributed by atoms with Crippen molar-refractivity contribution in [2.24, 2.45) is 17.2 Å². The molecule has 5 aromatic rings. The van der Waals surface area contributed by atoms with Crippen molar-refractivity contribution < 1.29 is 33.4 Å². The van der Waals surface area contributed by atoms with Gasteiger partial charge in [-0.15, -0.1) is 20.4 Å². The van der Waals surface area contributed by atoms with Crippen LogP contribution in [0.3, 0.4) is 0 Å². The van der Waals surface area contributed by atoms with Crippen molar-refractivity contribution in [3.8, 4) is 0 Å². The number of hydrogen-bond donors (Lipinski definition) is 6. The number of piperidine rings is 2. The highest BCUT2D eigenvalue weighted by Crippen LogP contribution is 2.25. The molecule has 4 fully saturated rings. The van der Waals surface area contributed by atoms with Gasteiger partial charge in [0.1, 0.15) is 0 Å². The second-order valence-corrected chi connectivity index (χ2v) is 16.7. The monoisotopic (exact) mass is 958 g/mol. The smallest absolute Gasteiger partial charge is 0.289 e. The molecule has 70 heavy (non-hydrogen) atoms. The van der Waals surface area contributed by atoms with Gasteiger partial charge in [0.05, 0.1) is 26.4 Å². The van der Waals surface area contributed by atoms with E-state index in [1.54, 1.807) is 64.4 Å². The van der Waals surface area contributed by atoms with E-state index >= 15 is 0 Å². The Bertz CT molecular complexity index is 2630. The number of nitrogens with zero attached hydrogens (tertiary/aromatic N) is 12. The first-order valence-corrected chi connectivity index (χ1v) is 22.9. The van der Waals surface area contributed by atoms with Crippen LogP contribution in [0, 0.1) is 0 Å². The van der Waals surface area contributed by atoms with Crippen LogP contribution >= 0.6 is 0 Å². The summed E-state index contributed by atoms with van der Waals surface area (Å²) in [5.41, 5.74) is 19.2. The fourth-order valence-corrected chi connectivity index (χ4v) is 8.11. The molecule has 0 saturated carbocycles. The molecule has 4 saturated heterocycles. The van der Waals surface area contributed by atoms with Crippen molar-refractivity contribution >= 4 is 64.4 Å². The van der Waals surface area contributed by atoms with Crippen LogP contribution in [0.1, 0.15) is 78.0 Å². The Kier molecular flexibility index (Phi) is 15.8. The number of ether oxygens (including phenoxy) is 2. The number of carbonyl (C=O) groups excluding carboxylic acids is 5. The number of nitrogens with one attached hydrogen (secondary N) is 3. The Labute approximate surface area is 401 Å². The van der Waals surface area contributed by atoms with E-state index in [-0.39, 0.29) is 64.6 Å². The SMILES string of the molecule is NC(=O)c1nnc(N2CCC[C@@H](N)C2)nc1Nc1ccc(C(=O)N2CCOCC2)cc1.NC(=O)c1nnc(N2CCC[C@@H](NC(=O)c3ncccn3)C2)nc1Nc1ccc(C(=O)N2CCOCC2)cc1. The Morgan fingerprint density at radius 2 is 1.04 bits per heavy atom. The molecule has 25 heteroatoms. The van der Waals surface area contributed by atoms with Gasteiger partial charge in [-0.1, -0.05) is 0 Å². The Morgan fingerprint density at radius 3 is 1.50 bits per heavy atom. The largest absolute Gasteiger partial charge is 0.378 e. The van der Waals surface area contributed by atoms with Gasteiger partial charge in [0.15, 0.2) is 23.0 Å². The molecule has 7 heterocycles. The predicted octanol–water partition coefficient (Wildman–Crippen LogP) is 0.489. The van der Waals surface area contributed by atoms with E-state index < -0.39 is 11.8 Å². The van der Waals surface area contributed by atoms with Crippen LogP contribution in [0.5, 0.6) is 0 Å². The van der Waals surface area contributed by atoms with Crippen LogP contribution in [0.2, 0.25) is 0 Å². The number of hydrogen-bond acceptors (Lipinski definition) is 20. The highest BCUT2D eigenvalue weighted by molar-refractivity contribution is 5.98. The van der Waals surface area contributed by atoms with E-state index in [0.29, 0.717) is 101 Å². The van der Waals surface area contributed by atoms with Crippen LogP contribution in [0.15, 0.2) is 67.0 Å². The summed E-state index contributed by atoms with van der Waals surface area (Å²) in [6.45, 7) is 6.88. The number of anilines is 6. The number of nitrogens with two attached hydrogens (primary N) is 3. The average Bonchev–Trinajstić information content (AvgIpc) is 3.39. The minimum atomic E-state index is -0.783. The maximum Gasteiger partial charge on any atom is 0.289 e. The molecule has 0 bridgehead atoms. The van der Waals surface area contributed by atoms with E-state index in [1.807, 2.05) is 9.80 Å². The van der Waals surface area contributed by atoms with E-state index in [9.17, 15) is 24.0 Å². The van der Waals surface area contributed by atoms with E-state index in [2.05, 4.69) is 56.3 Å². The van der Waals surface area contributed by atoms with Gasteiger partial charge in [-0.25, -0.2) is 9.97 Å². The van der Waals surface area contributed by atoms with Gasteiger partial charge in [0.25, 0.3) is 29.5 Å². The number of amides is 5. The summed E-state index contributed by atoms with van der Waals surface area (Å²) in [6, 6.07) is 15.3. The number of aromatic nitrogens is 8. The average molecular weight is 959 g/mol. The molecule has 2 atom stereocenters. The molecule has 0 aliphatic carbocycles.